The minimum Gasteiger partial charge on any atom is -0.402 e. The predicted molar refractivity (Wildman–Crippen MR) is 72.4 cm³/mol. The zero-order valence-electron chi connectivity index (χ0n) is 9.46. The van der Waals surface area contributed by atoms with Gasteiger partial charge in [0.15, 0.2) is 5.17 Å². The van der Waals surface area contributed by atoms with Gasteiger partial charge in [0.05, 0.1) is 5.75 Å². The molecule has 1 aliphatic rings. The fraction of sp³-hybridized carbons (Fsp3) is 0.0909. The molecule has 6 nitrogen and oxygen atoms in total. The van der Waals surface area contributed by atoms with Gasteiger partial charge in [-0.3, -0.25) is 4.79 Å². The number of nitrogens with zero attached hydrogens (tertiary/aromatic N) is 3. The Hall–Kier alpha value is -1.86. The third kappa shape index (κ3) is 2.77. The van der Waals surface area contributed by atoms with E-state index in [9.17, 15) is 4.79 Å². The van der Waals surface area contributed by atoms with Crippen LogP contribution in [-0.4, -0.2) is 27.0 Å². The van der Waals surface area contributed by atoms with Crippen molar-refractivity contribution in [1.82, 2.24) is 15.5 Å². The molecule has 0 saturated carbocycles. The Bertz CT molecular complexity index is 653. The normalized spacial score (nSPS) is 16.9. The van der Waals surface area contributed by atoms with E-state index in [4.69, 9.17) is 16.0 Å². The first-order chi connectivity index (χ1) is 9.20. The van der Waals surface area contributed by atoms with E-state index in [1.54, 1.807) is 24.3 Å². The summed E-state index contributed by atoms with van der Waals surface area (Å²) in [7, 11) is 0. The Labute approximate surface area is 117 Å². The van der Waals surface area contributed by atoms with Crippen LogP contribution in [0.4, 0.5) is 6.01 Å². The molecular weight excluding hydrogens is 288 g/mol. The van der Waals surface area contributed by atoms with Gasteiger partial charge in [-0.1, -0.05) is 28.5 Å². The van der Waals surface area contributed by atoms with Crippen molar-refractivity contribution in [3.63, 3.8) is 0 Å². The summed E-state index contributed by atoms with van der Waals surface area (Å²) < 4.78 is 5.39. The Balaban J connectivity index is 1.83. The summed E-state index contributed by atoms with van der Waals surface area (Å²) in [5, 5.41) is 11.4. The molecule has 0 atom stereocenters. The van der Waals surface area contributed by atoms with Crippen LogP contribution in [0.15, 0.2) is 33.7 Å². The van der Waals surface area contributed by atoms with E-state index in [-0.39, 0.29) is 11.9 Å². The fourth-order valence-corrected chi connectivity index (χ4v) is 2.24. The van der Waals surface area contributed by atoms with Crippen molar-refractivity contribution >= 4 is 40.5 Å². The number of amides is 1. The van der Waals surface area contributed by atoms with Crippen molar-refractivity contribution in [1.29, 1.82) is 0 Å². The highest BCUT2D eigenvalue weighted by Crippen LogP contribution is 2.23. The molecular formula is C11H7ClN4O2S. The van der Waals surface area contributed by atoms with Crippen LogP contribution in [0, 0.1) is 0 Å². The lowest BCUT2D eigenvalue weighted by molar-refractivity contribution is -0.116. The van der Waals surface area contributed by atoms with Crippen LogP contribution in [0.5, 0.6) is 0 Å². The lowest BCUT2D eigenvalue weighted by Crippen LogP contribution is -2.19. The van der Waals surface area contributed by atoms with E-state index < -0.39 is 0 Å². The van der Waals surface area contributed by atoms with Crippen LogP contribution in [0.1, 0.15) is 0 Å². The quantitative estimate of drug-likeness (QED) is 0.918. The van der Waals surface area contributed by atoms with Gasteiger partial charge in [0.1, 0.15) is 0 Å². The molecule has 0 radical (unpaired) electrons. The number of halogens is 1. The van der Waals surface area contributed by atoms with E-state index in [1.165, 1.54) is 11.8 Å². The minimum atomic E-state index is -0.0822. The van der Waals surface area contributed by atoms with E-state index in [0.29, 0.717) is 21.8 Å². The van der Waals surface area contributed by atoms with Gasteiger partial charge >= 0.3 is 6.01 Å². The third-order valence-corrected chi connectivity index (χ3v) is 3.41. The molecule has 0 aliphatic carbocycles. The number of aliphatic imine (C=N–C) groups is 1. The van der Waals surface area contributed by atoms with Crippen LogP contribution in [0.2, 0.25) is 5.02 Å². The average molecular weight is 295 g/mol. The average Bonchev–Trinajstić information content (AvgIpc) is 3.00. The minimum absolute atomic E-state index is 0.0822. The Morgan fingerprint density at radius 2 is 2.11 bits per heavy atom. The Morgan fingerprint density at radius 1 is 1.32 bits per heavy atom. The maximum atomic E-state index is 11.0. The number of hydrogen-bond acceptors (Lipinski definition) is 6. The molecule has 0 spiro atoms. The van der Waals surface area contributed by atoms with Crippen molar-refractivity contribution in [2.75, 3.05) is 5.75 Å². The Kier molecular flexibility index (Phi) is 3.22. The molecule has 96 valence electrons. The second-order valence-corrected chi connectivity index (χ2v) is 5.05. The first kappa shape index (κ1) is 12.2. The maximum absolute atomic E-state index is 11.0. The smallest absolute Gasteiger partial charge is 0.345 e. The lowest BCUT2D eigenvalue weighted by Gasteiger charge is -1.93. The first-order valence-corrected chi connectivity index (χ1v) is 6.68. The molecule has 1 fully saturated rings. The topological polar surface area (TPSA) is 80.4 Å². The first-order valence-electron chi connectivity index (χ1n) is 5.31. The third-order valence-electron chi connectivity index (χ3n) is 2.29. The van der Waals surface area contributed by atoms with Gasteiger partial charge in [-0.2, -0.15) is 4.99 Å². The van der Waals surface area contributed by atoms with Gasteiger partial charge in [0.2, 0.25) is 11.8 Å². The van der Waals surface area contributed by atoms with Crippen molar-refractivity contribution in [3.8, 4) is 11.5 Å². The lowest BCUT2D eigenvalue weighted by atomic mass is 10.2. The molecule has 1 saturated heterocycles. The summed E-state index contributed by atoms with van der Waals surface area (Å²) in [6, 6.07) is 7.13. The Morgan fingerprint density at radius 3 is 2.79 bits per heavy atom. The van der Waals surface area contributed by atoms with Gasteiger partial charge < -0.3 is 9.73 Å². The predicted octanol–water partition coefficient (Wildman–Crippen LogP) is 2.24. The summed E-state index contributed by atoms with van der Waals surface area (Å²) in [5.74, 6) is 0.628. The number of carbonyl (C=O) groups excluding carboxylic acids is 1. The standard InChI is InChI=1S/C11H7ClN4O2S/c12-7-3-1-6(2-4-7)9-15-16-10(18-9)14-11-13-8(17)5-19-11/h1-4H,5H2,(H,13,14,16,17). The number of thioether (sulfide) groups is 1. The van der Waals surface area contributed by atoms with Crippen LogP contribution >= 0.6 is 23.4 Å². The summed E-state index contributed by atoms with van der Waals surface area (Å²) in [6.07, 6.45) is 0. The second-order valence-electron chi connectivity index (χ2n) is 3.65. The summed E-state index contributed by atoms with van der Waals surface area (Å²) in [5.41, 5.74) is 0.756. The zero-order valence-corrected chi connectivity index (χ0v) is 11.0. The van der Waals surface area contributed by atoms with Crippen LogP contribution in [0.3, 0.4) is 0 Å². The number of benzene rings is 1. The van der Waals surface area contributed by atoms with Crippen molar-refractivity contribution in [2.45, 2.75) is 0 Å². The summed E-state index contributed by atoms with van der Waals surface area (Å²) in [6.45, 7) is 0. The molecule has 19 heavy (non-hydrogen) atoms. The molecule has 1 N–H and O–H groups in total. The molecule has 0 bridgehead atoms. The second kappa shape index (κ2) is 5.02. The van der Waals surface area contributed by atoms with Gasteiger partial charge in [-0.15, -0.1) is 5.10 Å². The van der Waals surface area contributed by atoms with Crippen molar-refractivity contribution in [2.24, 2.45) is 4.99 Å². The van der Waals surface area contributed by atoms with Crippen LogP contribution in [-0.2, 0) is 4.79 Å². The highest BCUT2D eigenvalue weighted by Gasteiger charge is 2.18. The van der Waals surface area contributed by atoms with E-state index in [2.05, 4.69) is 20.5 Å². The highest BCUT2D eigenvalue weighted by atomic mass is 35.5. The highest BCUT2D eigenvalue weighted by molar-refractivity contribution is 8.15. The molecule has 2 heterocycles. The number of hydrogen-bond donors (Lipinski definition) is 1. The molecule has 1 aromatic carbocycles. The number of aromatic nitrogens is 2. The summed E-state index contributed by atoms with van der Waals surface area (Å²) in [4.78, 5) is 15.1. The maximum Gasteiger partial charge on any atom is 0.345 e. The van der Waals surface area contributed by atoms with Gasteiger partial charge in [0.25, 0.3) is 0 Å². The van der Waals surface area contributed by atoms with Crippen LogP contribution in [0.25, 0.3) is 11.5 Å². The van der Waals surface area contributed by atoms with Crippen LogP contribution < -0.4 is 5.32 Å². The number of carbonyl (C=O) groups is 1. The number of rotatable bonds is 2. The number of nitrogens with one attached hydrogen (secondary N) is 1. The monoisotopic (exact) mass is 294 g/mol. The van der Waals surface area contributed by atoms with E-state index in [0.717, 1.165) is 5.56 Å². The SMILES string of the molecule is O=C1CS/C(=N\c2nnc(-c3ccc(Cl)cc3)o2)N1. The van der Waals surface area contributed by atoms with Gasteiger partial charge in [-0.05, 0) is 24.3 Å². The molecule has 0 unspecified atom stereocenters. The van der Waals surface area contributed by atoms with E-state index >= 15 is 0 Å². The zero-order chi connectivity index (χ0) is 13.2. The van der Waals surface area contributed by atoms with Crippen molar-refractivity contribution < 1.29 is 9.21 Å². The van der Waals surface area contributed by atoms with Gasteiger partial charge in [0, 0.05) is 10.6 Å². The summed E-state index contributed by atoms with van der Waals surface area (Å²) >= 11 is 7.10. The van der Waals surface area contributed by atoms with Gasteiger partial charge in [-0.25, -0.2) is 0 Å². The molecule has 3 rings (SSSR count). The molecule has 8 heteroatoms. The fourth-order valence-electron chi connectivity index (χ4n) is 1.44. The molecule has 2 aromatic rings. The number of amidine groups is 1. The molecule has 1 aromatic heterocycles. The van der Waals surface area contributed by atoms with E-state index in [1.807, 2.05) is 0 Å². The molecule has 1 amide bonds. The van der Waals surface area contributed by atoms with Crippen molar-refractivity contribution in [3.05, 3.63) is 29.3 Å². The largest absolute Gasteiger partial charge is 0.402 e. The molecule has 1 aliphatic heterocycles.